The normalized spacial score (nSPS) is 10.6. The number of carbonyl (C=O) groups excluding carboxylic acids is 1. The maximum absolute atomic E-state index is 12.4. The van der Waals surface area contributed by atoms with Crippen LogP contribution in [0.25, 0.3) is 11.3 Å². The Hall–Kier alpha value is -2.31. The van der Waals surface area contributed by atoms with E-state index >= 15 is 0 Å². The molecule has 1 amide bonds. The summed E-state index contributed by atoms with van der Waals surface area (Å²) in [6, 6.07) is 15.4. The molecule has 0 aliphatic heterocycles. The van der Waals surface area contributed by atoms with E-state index in [1.54, 1.807) is 11.8 Å². The summed E-state index contributed by atoms with van der Waals surface area (Å²) in [7, 11) is 0. The van der Waals surface area contributed by atoms with Crippen molar-refractivity contribution in [3.63, 3.8) is 0 Å². The Morgan fingerprint density at radius 1 is 1.15 bits per heavy atom. The zero-order valence-corrected chi connectivity index (χ0v) is 16.5. The van der Waals surface area contributed by atoms with Crippen molar-refractivity contribution >= 4 is 34.1 Å². The Bertz CT molecular complexity index is 887. The predicted molar refractivity (Wildman–Crippen MR) is 110 cm³/mol. The summed E-state index contributed by atoms with van der Waals surface area (Å²) in [5, 5.41) is 3.50. The van der Waals surface area contributed by atoms with Gasteiger partial charge in [0, 0.05) is 20.9 Å². The van der Waals surface area contributed by atoms with Gasteiger partial charge in [0.2, 0.25) is 0 Å². The number of hydrogen-bond acceptors (Lipinski definition) is 5. The van der Waals surface area contributed by atoms with Gasteiger partial charge in [-0.05, 0) is 68.6 Å². The minimum absolute atomic E-state index is 0.148. The van der Waals surface area contributed by atoms with Crippen LogP contribution < -0.4 is 10.1 Å². The summed E-state index contributed by atoms with van der Waals surface area (Å²) in [5.41, 5.74) is 2.51. The van der Waals surface area contributed by atoms with Crippen LogP contribution in [0, 0.1) is 6.92 Å². The summed E-state index contributed by atoms with van der Waals surface area (Å²) >= 11 is 3.13. The molecule has 0 aliphatic rings. The minimum atomic E-state index is -0.148. The highest BCUT2D eigenvalue weighted by molar-refractivity contribution is 7.98. The van der Waals surface area contributed by atoms with Crippen LogP contribution in [0.4, 0.5) is 5.13 Å². The van der Waals surface area contributed by atoms with E-state index in [1.165, 1.54) is 11.3 Å². The van der Waals surface area contributed by atoms with E-state index in [2.05, 4.69) is 10.3 Å². The molecule has 0 aliphatic carbocycles. The second-order valence-corrected chi connectivity index (χ2v) is 7.65. The van der Waals surface area contributed by atoms with Gasteiger partial charge in [-0.25, -0.2) is 4.98 Å². The lowest BCUT2D eigenvalue weighted by molar-refractivity contribution is 0.102. The van der Waals surface area contributed by atoms with E-state index in [4.69, 9.17) is 4.74 Å². The third kappa shape index (κ3) is 4.26. The summed E-state index contributed by atoms with van der Waals surface area (Å²) in [5.74, 6) is 0.691. The number of carbonyl (C=O) groups is 1. The highest BCUT2D eigenvalue weighted by atomic mass is 32.2. The van der Waals surface area contributed by atoms with Crippen LogP contribution in [0.15, 0.2) is 53.4 Å². The third-order valence-electron chi connectivity index (χ3n) is 3.81. The molecule has 0 bridgehead atoms. The van der Waals surface area contributed by atoms with Gasteiger partial charge in [0.25, 0.3) is 5.91 Å². The number of nitrogens with one attached hydrogen (secondary N) is 1. The third-order valence-corrected chi connectivity index (χ3v) is 5.44. The van der Waals surface area contributed by atoms with Gasteiger partial charge in [0.05, 0.1) is 12.3 Å². The fraction of sp³-hybridized carbons (Fsp3) is 0.200. The van der Waals surface area contributed by atoms with Gasteiger partial charge in [0.15, 0.2) is 5.13 Å². The van der Waals surface area contributed by atoms with Crippen LogP contribution in [-0.4, -0.2) is 23.8 Å². The Balaban J connectivity index is 1.75. The van der Waals surface area contributed by atoms with Crippen LogP contribution in [0.3, 0.4) is 0 Å². The van der Waals surface area contributed by atoms with Crippen molar-refractivity contribution in [2.45, 2.75) is 18.7 Å². The number of thioether (sulfide) groups is 1. The lowest BCUT2D eigenvalue weighted by Crippen LogP contribution is -2.11. The smallest absolute Gasteiger partial charge is 0.257 e. The quantitative estimate of drug-likeness (QED) is 0.571. The molecule has 3 aromatic rings. The van der Waals surface area contributed by atoms with Crippen LogP contribution >= 0.6 is 23.1 Å². The maximum atomic E-state index is 12.4. The molecule has 0 spiro atoms. The lowest BCUT2D eigenvalue weighted by atomic mass is 10.1. The zero-order valence-electron chi connectivity index (χ0n) is 14.9. The first-order valence-corrected chi connectivity index (χ1v) is 10.3. The first-order chi connectivity index (χ1) is 12.6. The average Bonchev–Trinajstić information content (AvgIpc) is 3.03. The molecule has 0 radical (unpaired) electrons. The summed E-state index contributed by atoms with van der Waals surface area (Å²) in [6.45, 7) is 4.61. The molecule has 1 heterocycles. The van der Waals surface area contributed by atoms with E-state index in [0.717, 1.165) is 26.8 Å². The zero-order chi connectivity index (χ0) is 18.5. The fourth-order valence-electron chi connectivity index (χ4n) is 2.51. The van der Waals surface area contributed by atoms with Gasteiger partial charge in [-0.15, -0.1) is 23.1 Å². The molecular weight excluding hydrogens is 364 g/mol. The van der Waals surface area contributed by atoms with Crippen LogP contribution in [0.1, 0.15) is 22.2 Å². The van der Waals surface area contributed by atoms with Gasteiger partial charge in [-0.2, -0.15) is 0 Å². The van der Waals surface area contributed by atoms with Crippen molar-refractivity contribution in [2.75, 3.05) is 18.2 Å². The van der Waals surface area contributed by atoms with Crippen LogP contribution in [0.5, 0.6) is 5.75 Å². The largest absolute Gasteiger partial charge is 0.494 e. The molecule has 1 aromatic heterocycles. The number of hydrogen-bond donors (Lipinski definition) is 1. The van der Waals surface area contributed by atoms with Gasteiger partial charge >= 0.3 is 0 Å². The Morgan fingerprint density at radius 2 is 1.85 bits per heavy atom. The second-order valence-electron chi connectivity index (χ2n) is 5.56. The van der Waals surface area contributed by atoms with Crippen molar-refractivity contribution in [2.24, 2.45) is 0 Å². The highest BCUT2D eigenvalue weighted by Gasteiger charge is 2.13. The molecule has 2 aromatic carbocycles. The monoisotopic (exact) mass is 384 g/mol. The molecule has 4 nitrogen and oxygen atoms in total. The number of anilines is 1. The molecule has 134 valence electrons. The number of amides is 1. The molecule has 0 saturated heterocycles. The Labute approximate surface area is 161 Å². The van der Waals surface area contributed by atoms with E-state index < -0.39 is 0 Å². The van der Waals surface area contributed by atoms with Crippen molar-refractivity contribution < 1.29 is 9.53 Å². The molecule has 6 heteroatoms. The number of ether oxygens (including phenoxy) is 1. The lowest BCUT2D eigenvalue weighted by Gasteiger charge is -2.04. The fourth-order valence-corrected chi connectivity index (χ4v) is 3.74. The number of aromatic nitrogens is 1. The molecule has 1 N–H and O–H groups in total. The van der Waals surface area contributed by atoms with E-state index in [-0.39, 0.29) is 5.91 Å². The minimum Gasteiger partial charge on any atom is -0.494 e. The van der Waals surface area contributed by atoms with Gasteiger partial charge < -0.3 is 4.74 Å². The number of aryl methyl sites for hydroxylation is 1. The summed E-state index contributed by atoms with van der Waals surface area (Å²) in [6.07, 6.45) is 2.01. The van der Waals surface area contributed by atoms with E-state index in [9.17, 15) is 4.79 Å². The molecule has 26 heavy (non-hydrogen) atoms. The molecule has 0 saturated carbocycles. The Kier molecular flexibility index (Phi) is 5.96. The highest BCUT2D eigenvalue weighted by Crippen LogP contribution is 2.31. The number of thiazole rings is 1. The number of benzene rings is 2. The molecule has 0 unspecified atom stereocenters. The Morgan fingerprint density at radius 3 is 2.46 bits per heavy atom. The predicted octanol–water partition coefficient (Wildman–Crippen LogP) is 5.49. The average molecular weight is 385 g/mol. The van der Waals surface area contributed by atoms with Crippen molar-refractivity contribution in [1.82, 2.24) is 4.98 Å². The molecule has 3 rings (SSSR count). The van der Waals surface area contributed by atoms with E-state index in [0.29, 0.717) is 17.3 Å². The van der Waals surface area contributed by atoms with Crippen molar-refractivity contribution in [3.8, 4) is 17.0 Å². The maximum Gasteiger partial charge on any atom is 0.257 e. The van der Waals surface area contributed by atoms with E-state index in [1.807, 2.05) is 68.6 Å². The molecule has 0 atom stereocenters. The summed E-state index contributed by atoms with van der Waals surface area (Å²) in [4.78, 5) is 19.2. The second kappa shape index (κ2) is 8.38. The van der Waals surface area contributed by atoms with Crippen LogP contribution in [-0.2, 0) is 0 Å². The number of nitrogens with zero attached hydrogens (tertiary/aromatic N) is 1. The molecule has 0 fully saturated rings. The van der Waals surface area contributed by atoms with Gasteiger partial charge in [-0.3, -0.25) is 10.1 Å². The topological polar surface area (TPSA) is 51.2 Å². The molecular formula is C20H20N2O2S2. The standard InChI is InChI=1S/C20H20N2O2S2/c1-4-24-16-9-5-14(6-10-16)18-13(2)26-20(21-18)22-19(23)15-7-11-17(25-3)12-8-15/h5-12H,4H2,1-3H3,(H,21,22,23). The van der Waals surface area contributed by atoms with Crippen LogP contribution in [0.2, 0.25) is 0 Å². The first kappa shape index (κ1) is 18.5. The first-order valence-electron chi connectivity index (χ1n) is 8.26. The number of rotatable bonds is 6. The van der Waals surface area contributed by atoms with Crippen molar-refractivity contribution in [3.05, 3.63) is 59.0 Å². The van der Waals surface area contributed by atoms with Gasteiger partial charge in [0.1, 0.15) is 5.75 Å². The van der Waals surface area contributed by atoms with Crippen molar-refractivity contribution in [1.29, 1.82) is 0 Å². The van der Waals surface area contributed by atoms with Gasteiger partial charge in [-0.1, -0.05) is 0 Å². The summed E-state index contributed by atoms with van der Waals surface area (Å²) < 4.78 is 5.47. The SMILES string of the molecule is CCOc1ccc(-c2nc(NC(=O)c3ccc(SC)cc3)sc2C)cc1.